The minimum atomic E-state index is -0.353. The van der Waals surface area contributed by atoms with Crippen molar-refractivity contribution in [3.63, 3.8) is 0 Å². The Morgan fingerprint density at radius 1 is 0.939 bits per heavy atom. The maximum atomic E-state index is 12.3. The van der Waals surface area contributed by atoms with E-state index in [1.807, 2.05) is 84.3 Å². The van der Waals surface area contributed by atoms with Gasteiger partial charge < -0.3 is 9.15 Å². The molecule has 0 atom stereocenters. The minimum absolute atomic E-state index is 0.291. The lowest BCUT2D eigenvalue weighted by Crippen LogP contribution is -2.15. The molecule has 0 amide bonds. The Morgan fingerprint density at radius 2 is 1.70 bits per heavy atom. The van der Waals surface area contributed by atoms with E-state index >= 15 is 0 Å². The number of aromatic nitrogens is 4. The van der Waals surface area contributed by atoms with E-state index in [4.69, 9.17) is 9.15 Å². The topological polar surface area (TPSA) is 75.1 Å². The molecule has 0 aliphatic rings. The summed E-state index contributed by atoms with van der Waals surface area (Å²) in [7, 11) is 0. The van der Waals surface area contributed by atoms with E-state index in [1.165, 1.54) is 11.8 Å². The zero-order valence-corrected chi connectivity index (χ0v) is 18.9. The molecule has 2 heterocycles. The van der Waals surface area contributed by atoms with Crippen LogP contribution < -0.4 is 10.5 Å². The summed E-state index contributed by atoms with van der Waals surface area (Å²) in [5, 5.41) is 9.56. The number of hydrogen-bond donors (Lipinski definition) is 0. The molecule has 5 rings (SSSR count). The third kappa shape index (κ3) is 4.42. The monoisotopic (exact) mass is 458 g/mol. The number of nitrogens with zero attached hydrogens (tertiary/aromatic N) is 4. The number of thioether (sulfide) groups is 1. The molecule has 0 saturated heterocycles. The molecule has 0 radical (unpaired) electrons. The zero-order valence-electron chi connectivity index (χ0n) is 18.0. The second kappa shape index (κ2) is 9.38. The lowest BCUT2D eigenvalue weighted by Gasteiger charge is -2.12. The highest BCUT2D eigenvalue weighted by Gasteiger charge is 2.16. The van der Waals surface area contributed by atoms with Gasteiger partial charge in [0.1, 0.15) is 12.4 Å². The van der Waals surface area contributed by atoms with Gasteiger partial charge in [-0.3, -0.25) is 9.13 Å². The van der Waals surface area contributed by atoms with Crippen molar-refractivity contribution >= 4 is 22.9 Å². The first-order chi connectivity index (χ1) is 16.2. The molecule has 0 aliphatic heterocycles. The molecule has 33 heavy (non-hydrogen) atoms. The number of ether oxygens (including phenoxy) is 1. The third-order valence-electron chi connectivity index (χ3n) is 5.28. The molecule has 7 nitrogen and oxygen atoms in total. The van der Waals surface area contributed by atoms with Crippen LogP contribution in [0.1, 0.15) is 11.4 Å². The van der Waals surface area contributed by atoms with Crippen LogP contribution in [-0.2, 0) is 13.2 Å². The summed E-state index contributed by atoms with van der Waals surface area (Å²) in [6.07, 6.45) is 0. The third-order valence-corrected chi connectivity index (χ3v) is 6.19. The largest absolute Gasteiger partial charge is 0.485 e. The van der Waals surface area contributed by atoms with Crippen molar-refractivity contribution in [3.8, 4) is 11.4 Å². The van der Waals surface area contributed by atoms with E-state index in [1.54, 1.807) is 10.6 Å². The lowest BCUT2D eigenvalue weighted by molar-refractivity contribution is 0.291. The highest BCUT2D eigenvalue weighted by Crippen LogP contribution is 2.24. The van der Waals surface area contributed by atoms with Crippen LogP contribution in [0.25, 0.3) is 16.8 Å². The molecule has 0 saturated carbocycles. The number of oxazole rings is 1. The van der Waals surface area contributed by atoms with E-state index in [0.717, 1.165) is 27.7 Å². The Kier molecular flexibility index (Phi) is 5.99. The van der Waals surface area contributed by atoms with Gasteiger partial charge in [0.15, 0.2) is 16.6 Å². The van der Waals surface area contributed by atoms with Crippen LogP contribution >= 0.6 is 11.8 Å². The Labute approximate surface area is 194 Å². The summed E-state index contributed by atoms with van der Waals surface area (Å²) >= 11 is 1.54. The molecule has 0 unspecified atom stereocenters. The fourth-order valence-corrected chi connectivity index (χ4v) is 4.53. The first kappa shape index (κ1) is 21.1. The van der Waals surface area contributed by atoms with Crippen molar-refractivity contribution in [1.82, 2.24) is 19.3 Å². The van der Waals surface area contributed by atoms with E-state index in [0.29, 0.717) is 30.3 Å². The smallest absolute Gasteiger partial charge is 0.419 e. The molecule has 0 aliphatic carbocycles. The first-order valence-corrected chi connectivity index (χ1v) is 11.6. The molecule has 8 heteroatoms. The Balaban J connectivity index is 1.37. The van der Waals surface area contributed by atoms with Crippen molar-refractivity contribution in [2.45, 2.75) is 25.2 Å². The predicted molar refractivity (Wildman–Crippen MR) is 128 cm³/mol. The molecule has 0 bridgehead atoms. The van der Waals surface area contributed by atoms with Crippen LogP contribution in [0.2, 0.25) is 0 Å². The Morgan fingerprint density at radius 3 is 2.55 bits per heavy atom. The van der Waals surface area contributed by atoms with Gasteiger partial charge >= 0.3 is 5.76 Å². The second-order valence-corrected chi connectivity index (χ2v) is 8.52. The van der Waals surface area contributed by atoms with E-state index in [2.05, 4.69) is 10.2 Å². The molecule has 0 fully saturated rings. The maximum absolute atomic E-state index is 12.3. The van der Waals surface area contributed by atoms with Crippen LogP contribution in [-0.4, -0.2) is 25.1 Å². The first-order valence-electron chi connectivity index (χ1n) is 10.6. The lowest BCUT2D eigenvalue weighted by atomic mass is 10.2. The number of aryl methyl sites for hydroxylation is 2. The molecule has 0 N–H and O–H groups in total. The summed E-state index contributed by atoms with van der Waals surface area (Å²) in [5.74, 6) is 1.81. The van der Waals surface area contributed by atoms with E-state index in [9.17, 15) is 4.79 Å². The number of benzene rings is 3. The predicted octanol–water partition coefficient (Wildman–Crippen LogP) is 4.85. The highest BCUT2D eigenvalue weighted by molar-refractivity contribution is 7.99. The standard InChI is InChI=1S/C25H22N4O3S/c1-18-9-5-7-13-21(18)31-17-23-26-27-24(29(23)19-10-3-2-4-11-19)33-16-15-28-20-12-6-8-14-22(20)32-25(28)30/h2-14H,15-17H2,1H3. The summed E-state index contributed by atoms with van der Waals surface area (Å²) in [6, 6.07) is 25.3. The molecular formula is C25H22N4O3S. The van der Waals surface area contributed by atoms with Gasteiger partial charge in [0.25, 0.3) is 0 Å². The van der Waals surface area contributed by atoms with Gasteiger partial charge in [0, 0.05) is 18.0 Å². The number of para-hydroxylation sites is 4. The zero-order chi connectivity index (χ0) is 22.6. The average Bonchev–Trinajstić information content (AvgIpc) is 3.39. The highest BCUT2D eigenvalue weighted by atomic mass is 32.2. The van der Waals surface area contributed by atoms with Crippen LogP contribution in [0.15, 0.2) is 93.2 Å². The fraction of sp³-hybridized carbons (Fsp3) is 0.160. The molecule has 3 aromatic carbocycles. The van der Waals surface area contributed by atoms with Crippen molar-refractivity contribution in [3.05, 3.63) is 101 Å². The van der Waals surface area contributed by atoms with Gasteiger partial charge in [-0.1, -0.05) is 60.3 Å². The van der Waals surface area contributed by atoms with Gasteiger partial charge in [0.2, 0.25) is 0 Å². The van der Waals surface area contributed by atoms with Crippen molar-refractivity contribution in [2.75, 3.05) is 5.75 Å². The van der Waals surface area contributed by atoms with Gasteiger partial charge in [-0.2, -0.15) is 0 Å². The van der Waals surface area contributed by atoms with Crippen LogP contribution in [0.4, 0.5) is 0 Å². The van der Waals surface area contributed by atoms with Gasteiger partial charge in [-0.15, -0.1) is 10.2 Å². The van der Waals surface area contributed by atoms with E-state index in [-0.39, 0.29) is 5.76 Å². The summed E-state index contributed by atoms with van der Waals surface area (Å²) < 4.78 is 15.0. The quantitative estimate of drug-likeness (QED) is 0.309. The normalized spacial score (nSPS) is 11.2. The second-order valence-electron chi connectivity index (χ2n) is 7.46. The van der Waals surface area contributed by atoms with Crippen molar-refractivity contribution < 1.29 is 9.15 Å². The summed E-state index contributed by atoms with van der Waals surface area (Å²) in [4.78, 5) is 12.3. The molecule has 0 spiro atoms. The van der Waals surface area contributed by atoms with Crippen LogP contribution in [0.3, 0.4) is 0 Å². The number of rotatable bonds is 8. The summed E-state index contributed by atoms with van der Waals surface area (Å²) in [6.45, 7) is 2.80. The maximum Gasteiger partial charge on any atom is 0.419 e. The average molecular weight is 459 g/mol. The van der Waals surface area contributed by atoms with Crippen LogP contribution in [0.5, 0.6) is 5.75 Å². The molecule has 166 valence electrons. The SMILES string of the molecule is Cc1ccccc1OCc1nnc(SCCn2c(=O)oc3ccccc32)n1-c1ccccc1. The van der Waals surface area contributed by atoms with Crippen molar-refractivity contribution in [1.29, 1.82) is 0 Å². The Bertz CT molecular complexity index is 1440. The van der Waals surface area contributed by atoms with Gasteiger partial charge in [0.05, 0.1) is 5.52 Å². The summed E-state index contributed by atoms with van der Waals surface area (Å²) in [5.41, 5.74) is 3.41. The fourth-order valence-electron chi connectivity index (χ4n) is 3.64. The van der Waals surface area contributed by atoms with Gasteiger partial charge in [-0.25, -0.2) is 4.79 Å². The van der Waals surface area contributed by atoms with E-state index < -0.39 is 0 Å². The van der Waals surface area contributed by atoms with Crippen LogP contribution in [0, 0.1) is 6.92 Å². The Hall–Kier alpha value is -3.78. The number of fused-ring (bicyclic) bond motifs is 1. The number of hydrogen-bond acceptors (Lipinski definition) is 6. The molecular weight excluding hydrogens is 436 g/mol. The molecule has 5 aromatic rings. The minimum Gasteiger partial charge on any atom is -0.485 e. The van der Waals surface area contributed by atoms with Gasteiger partial charge in [-0.05, 0) is 42.8 Å². The van der Waals surface area contributed by atoms with Crippen molar-refractivity contribution in [2.24, 2.45) is 0 Å². The molecule has 2 aromatic heterocycles.